The van der Waals surface area contributed by atoms with Crippen LogP contribution in [0.4, 0.5) is 0 Å². The van der Waals surface area contributed by atoms with Gasteiger partial charge in [-0.25, -0.2) is 19.2 Å². The van der Waals surface area contributed by atoms with Crippen molar-refractivity contribution >= 4 is 29.7 Å². The van der Waals surface area contributed by atoms with Crippen LogP contribution in [0.15, 0.2) is 152 Å². The molecule has 53 heavy (non-hydrogen) atoms. The normalized spacial score (nSPS) is 21.3. The third kappa shape index (κ3) is 8.22. The number of hydrogen-bond acceptors (Lipinski definition) is 11. The minimum Gasteiger partial charge on any atom is -0.456 e. The zero-order chi connectivity index (χ0) is 37.4. The molecular formula is C42H34O11. The molecule has 0 bridgehead atoms. The van der Waals surface area contributed by atoms with E-state index in [2.05, 4.69) is 0 Å². The van der Waals surface area contributed by atoms with Gasteiger partial charge < -0.3 is 28.8 Å². The number of ether oxygens (including phenoxy) is 5. The smallest absolute Gasteiger partial charge is 0.338 e. The van der Waals surface area contributed by atoms with Crippen molar-refractivity contribution in [3.8, 4) is 0 Å². The lowest BCUT2D eigenvalue weighted by Crippen LogP contribution is -2.71. The quantitative estimate of drug-likeness (QED) is 0.0992. The maximum absolute atomic E-state index is 14.4. The molecule has 1 unspecified atom stereocenters. The van der Waals surface area contributed by atoms with Crippen molar-refractivity contribution in [2.45, 2.75) is 43.2 Å². The largest absolute Gasteiger partial charge is 0.456 e. The third-order valence-electron chi connectivity index (χ3n) is 8.52. The summed E-state index contributed by atoms with van der Waals surface area (Å²) in [5.74, 6) is -7.89. The highest BCUT2D eigenvalue weighted by molar-refractivity contribution is 6.02. The minimum absolute atomic E-state index is 0.0280. The Balaban J connectivity index is 1.50. The van der Waals surface area contributed by atoms with Gasteiger partial charge in [-0.3, -0.25) is 4.79 Å². The van der Waals surface area contributed by atoms with E-state index in [9.17, 15) is 29.1 Å². The molecule has 0 radical (unpaired) electrons. The summed E-state index contributed by atoms with van der Waals surface area (Å²) in [4.78, 5) is 68.9. The van der Waals surface area contributed by atoms with Crippen LogP contribution in [0.2, 0.25) is 0 Å². The van der Waals surface area contributed by atoms with Crippen LogP contribution in [0.5, 0.6) is 0 Å². The number of carbonyl (C=O) groups excluding carboxylic acids is 5. The molecule has 1 fully saturated rings. The van der Waals surface area contributed by atoms with Crippen LogP contribution in [0, 0.1) is 0 Å². The van der Waals surface area contributed by atoms with Crippen LogP contribution in [0.25, 0.3) is 0 Å². The van der Waals surface area contributed by atoms with Gasteiger partial charge in [-0.2, -0.15) is 0 Å². The average molecular weight is 715 g/mol. The topological polar surface area (TPSA) is 152 Å². The molecule has 1 saturated heterocycles. The Hall–Kier alpha value is -6.43. The summed E-state index contributed by atoms with van der Waals surface area (Å²) >= 11 is 0. The molecular weight excluding hydrogens is 680 g/mol. The number of esters is 4. The lowest BCUT2D eigenvalue weighted by Gasteiger charge is -2.49. The zero-order valence-electron chi connectivity index (χ0n) is 28.4. The highest BCUT2D eigenvalue weighted by Gasteiger charge is 2.64. The van der Waals surface area contributed by atoms with Crippen molar-refractivity contribution in [3.63, 3.8) is 0 Å². The van der Waals surface area contributed by atoms with Gasteiger partial charge in [0.05, 0.1) is 22.3 Å². The lowest BCUT2D eigenvalue weighted by atomic mass is 9.85. The van der Waals surface area contributed by atoms with Gasteiger partial charge in [-0.15, -0.1) is 0 Å². The van der Waals surface area contributed by atoms with Gasteiger partial charge in [0.2, 0.25) is 11.9 Å². The summed E-state index contributed by atoms with van der Waals surface area (Å²) in [6, 6.07) is 38.9. The van der Waals surface area contributed by atoms with Crippen molar-refractivity contribution < 1.29 is 52.8 Å². The summed E-state index contributed by atoms with van der Waals surface area (Å²) in [5.41, 5.74) is 0.285. The molecule has 11 nitrogen and oxygen atoms in total. The van der Waals surface area contributed by atoms with E-state index in [1.807, 2.05) is 0 Å². The molecule has 5 aromatic carbocycles. The van der Waals surface area contributed by atoms with Gasteiger partial charge in [0.1, 0.15) is 12.2 Å². The van der Waals surface area contributed by atoms with Gasteiger partial charge in [0.25, 0.3) is 5.79 Å². The van der Waals surface area contributed by atoms with Crippen LogP contribution in [0.3, 0.4) is 0 Å². The van der Waals surface area contributed by atoms with Gasteiger partial charge in [-0.05, 0) is 55.5 Å². The average Bonchev–Trinajstić information content (AvgIpc) is 3.21. The first-order chi connectivity index (χ1) is 25.7. The molecule has 6 atom stereocenters. The fraction of sp³-hybridized carbons (Fsp3) is 0.167. The Morgan fingerprint density at radius 3 is 1.26 bits per heavy atom. The lowest BCUT2D eigenvalue weighted by molar-refractivity contribution is -0.326. The number of aliphatic hydroxyl groups is 1. The van der Waals surface area contributed by atoms with E-state index < -0.39 is 66.0 Å². The molecule has 1 aliphatic heterocycles. The number of rotatable bonds is 11. The second-order valence-corrected chi connectivity index (χ2v) is 12.1. The van der Waals surface area contributed by atoms with Crippen LogP contribution in [-0.4, -0.2) is 71.1 Å². The third-order valence-corrected chi connectivity index (χ3v) is 8.52. The summed E-state index contributed by atoms with van der Waals surface area (Å²) in [6.07, 6.45) is -8.87. The van der Waals surface area contributed by atoms with Gasteiger partial charge in [0, 0.05) is 5.56 Å². The molecule has 0 amide bonds. The molecule has 6 rings (SSSR count). The first-order valence-corrected chi connectivity index (χ1v) is 16.7. The van der Waals surface area contributed by atoms with Crippen LogP contribution >= 0.6 is 0 Å². The fourth-order valence-electron chi connectivity index (χ4n) is 5.84. The van der Waals surface area contributed by atoms with E-state index in [1.54, 1.807) is 91.0 Å². The van der Waals surface area contributed by atoms with Crippen LogP contribution in [0.1, 0.15) is 58.7 Å². The highest BCUT2D eigenvalue weighted by Crippen LogP contribution is 2.39. The molecule has 5 aromatic rings. The molecule has 0 aliphatic carbocycles. The molecule has 0 aromatic heterocycles. The SMILES string of the molecule is C[C@@H](OC(=O)c1ccccc1)[C@H]1OC(O)(C(=O)c2ccccc2)[C@H](OC(=O)c2ccccc2)[C@@H](OC(=O)c2ccccc2)[C@@H]1OC(=O)c1ccccc1. The first kappa shape index (κ1) is 36.4. The Kier molecular flexibility index (Phi) is 11.2. The van der Waals surface area contributed by atoms with E-state index in [0.717, 1.165) is 0 Å². The first-order valence-electron chi connectivity index (χ1n) is 16.7. The Morgan fingerprint density at radius 1 is 0.509 bits per heavy atom. The molecule has 1 N–H and O–H groups in total. The molecule has 0 saturated carbocycles. The summed E-state index contributed by atoms with van der Waals surface area (Å²) in [7, 11) is 0. The monoisotopic (exact) mass is 714 g/mol. The van der Waals surface area contributed by atoms with Crippen molar-refractivity contribution in [1.82, 2.24) is 0 Å². The van der Waals surface area contributed by atoms with E-state index in [1.165, 1.54) is 67.6 Å². The summed E-state index contributed by atoms with van der Waals surface area (Å²) in [6.45, 7) is 1.40. The molecule has 1 heterocycles. The van der Waals surface area contributed by atoms with Crippen molar-refractivity contribution in [1.29, 1.82) is 0 Å². The zero-order valence-corrected chi connectivity index (χ0v) is 28.4. The number of Topliss-reactive ketones (excluding diaryl/α,β-unsaturated/α-hetero) is 1. The van der Waals surface area contributed by atoms with Gasteiger partial charge in [0.15, 0.2) is 12.2 Å². The van der Waals surface area contributed by atoms with Crippen molar-refractivity contribution in [2.75, 3.05) is 0 Å². The maximum atomic E-state index is 14.4. The summed E-state index contributed by atoms with van der Waals surface area (Å²) < 4.78 is 29.8. The summed E-state index contributed by atoms with van der Waals surface area (Å²) in [5, 5.41) is 12.5. The Bertz CT molecular complexity index is 2040. The predicted octanol–water partition coefficient (Wildman–Crippen LogP) is 5.88. The van der Waals surface area contributed by atoms with E-state index >= 15 is 0 Å². The Morgan fingerprint density at radius 2 is 0.849 bits per heavy atom. The minimum atomic E-state index is -3.10. The van der Waals surface area contributed by atoms with E-state index in [4.69, 9.17) is 23.7 Å². The standard InChI is InChI=1S/C42H34O11/c1-27(49-38(44)29-19-9-3-10-20-29)33-34(50-39(45)30-21-11-4-12-22-30)35(51-40(46)31-23-13-5-14-24-31)37(52-41(47)32-25-15-6-16-26-32)42(48,53-33)36(43)28-17-7-2-8-18-28/h2-27,33-35,37,48H,1H3/t27-,33-,34-,35+,37-,42?/m1/s1. The predicted molar refractivity (Wildman–Crippen MR) is 189 cm³/mol. The van der Waals surface area contributed by atoms with Crippen LogP contribution in [-0.2, 0) is 23.7 Å². The number of carbonyl (C=O) groups is 5. The molecule has 268 valence electrons. The second kappa shape index (κ2) is 16.3. The van der Waals surface area contributed by atoms with Crippen molar-refractivity contribution in [3.05, 3.63) is 179 Å². The van der Waals surface area contributed by atoms with E-state index in [0.29, 0.717) is 0 Å². The van der Waals surface area contributed by atoms with Gasteiger partial charge >= 0.3 is 23.9 Å². The van der Waals surface area contributed by atoms with Gasteiger partial charge in [-0.1, -0.05) is 103 Å². The fourth-order valence-corrected chi connectivity index (χ4v) is 5.84. The van der Waals surface area contributed by atoms with E-state index in [-0.39, 0.29) is 27.8 Å². The molecule has 11 heteroatoms. The second-order valence-electron chi connectivity index (χ2n) is 12.1. The highest BCUT2D eigenvalue weighted by atomic mass is 16.7. The molecule has 0 spiro atoms. The molecule has 1 aliphatic rings. The Labute approximate surface area is 304 Å². The number of hydrogen-bond donors (Lipinski definition) is 1. The number of ketones is 1. The van der Waals surface area contributed by atoms with Crippen molar-refractivity contribution in [2.24, 2.45) is 0 Å². The maximum Gasteiger partial charge on any atom is 0.338 e. The number of benzene rings is 5. The van der Waals surface area contributed by atoms with Crippen LogP contribution < -0.4 is 0 Å².